The van der Waals surface area contributed by atoms with E-state index in [1.807, 2.05) is 32.0 Å². The van der Waals surface area contributed by atoms with Crippen LogP contribution in [0.15, 0.2) is 22.6 Å². The first-order valence-corrected chi connectivity index (χ1v) is 5.32. The molecule has 17 heavy (non-hydrogen) atoms. The summed E-state index contributed by atoms with van der Waals surface area (Å²) >= 11 is 0. The van der Waals surface area contributed by atoms with Crippen LogP contribution in [0.1, 0.15) is 11.6 Å². The zero-order valence-electron chi connectivity index (χ0n) is 10.4. The Balaban J connectivity index is 2.55. The molecule has 0 atom stereocenters. The van der Waals surface area contributed by atoms with Gasteiger partial charge in [-0.3, -0.25) is 0 Å². The summed E-state index contributed by atoms with van der Waals surface area (Å²) in [6, 6.07) is 5.60. The molecule has 0 unspecified atom stereocenters. The lowest BCUT2D eigenvalue weighted by Crippen LogP contribution is -1.90. The molecule has 0 aliphatic carbocycles. The van der Waals surface area contributed by atoms with Crippen LogP contribution in [0.3, 0.4) is 0 Å². The van der Waals surface area contributed by atoms with Crippen molar-refractivity contribution >= 4 is 0 Å². The van der Waals surface area contributed by atoms with E-state index in [1.54, 1.807) is 14.2 Å². The number of ether oxygens (including phenoxy) is 2. The number of benzene rings is 1. The third-order valence-corrected chi connectivity index (χ3v) is 2.56. The Morgan fingerprint density at radius 2 is 1.88 bits per heavy atom. The first kappa shape index (κ1) is 11.5. The van der Waals surface area contributed by atoms with Gasteiger partial charge in [0.2, 0.25) is 0 Å². The minimum Gasteiger partial charge on any atom is -0.497 e. The summed E-state index contributed by atoms with van der Waals surface area (Å²) in [5, 5.41) is 0. The Kier molecular flexibility index (Phi) is 3.04. The van der Waals surface area contributed by atoms with Gasteiger partial charge in [0.1, 0.15) is 11.5 Å². The van der Waals surface area contributed by atoms with Gasteiger partial charge >= 0.3 is 0 Å². The first-order valence-electron chi connectivity index (χ1n) is 5.32. The fourth-order valence-electron chi connectivity index (χ4n) is 1.77. The summed E-state index contributed by atoms with van der Waals surface area (Å²) < 4.78 is 16.1. The highest BCUT2D eigenvalue weighted by Gasteiger charge is 2.14. The Morgan fingerprint density at radius 1 is 1.12 bits per heavy atom. The van der Waals surface area contributed by atoms with Crippen LogP contribution in [0.2, 0.25) is 0 Å². The van der Waals surface area contributed by atoms with Gasteiger partial charge in [-0.15, -0.1) is 0 Å². The quantitative estimate of drug-likeness (QED) is 0.817. The molecule has 1 heterocycles. The Hall–Kier alpha value is -1.97. The minimum absolute atomic E-state index is 0.648. The SMILES string of the molecule is COc1ccc(-c2oc(C)nc2C)c(OC)c1. The van der Waals surface area contributed by atoms with Crippen molar-refractivity contribution in [1.82, 2.24) is 4.98 Å². The van der Waals surface area contributed by atoms with Gasteiger partial charge < -0.3 is 13.9 Å². The van der Waals surface area contributed by atoms with Crippen LogP contribution < -0.4 is 9.47 Å². The molecule has 1 aromatic heterocycles. The number of aryl methyl sites for hydroxylation is 2. The molecule has 90 valence electrons. The summed E-state index contributed by atoms with van der Waals surface area (Å²) in [6.07, 6.45) is 0. The largest absolute Gasteiger partial charge is 0.497 e. The summed E-state index contributed by atoms with van der Waals surface area (Å²) in [5.74, 6) is 2.85. The Morgan fingerprint density at radius 3 is 2.41 bits per heavy atom. The molecule has 2 rings (SSSR count). The van der Waals surface area contributed by atoms with Crippen molar-refractivity contribution in [2.24, 2.45) is 0 Å². The molecule has 0 bridgehead atoms. The second kappa shape index (κ2) is 4.49. The van der Waals surface area contributed by atoms with Gasteiger partial charge in [-0.25, -0.2) is 4.98 Å². The molecule has 1 aromatic carbocycles. The molecule has 0 spiro atoms. The number of hydrogen-bond donors (Lipinski definition) is 0. The predicted octanol–water partition coefficient (Wildman–Crippen LogP) is 2.98. The van der Waals surface area contributed by atoms with E-state index in [0.29, 0.717) is 11.6 Å². The predicted molar refractivity (Wildman–Crippen MR) is 64.5 cm³/mol. The van der Waals surface area contributed by atoms with Crippen LogP contribution >= 0.6 is 0 Å². The van der Waals surface area contributed by atoms with Crippen molar-refractivity contribution in [2.75, 3.05) is 14.2 Å². The maximum Gasteiger partial charge on any atom is 0.192 e. The highest BCUT2D eigenvalue weighted by Crippen LogP contribution is 2.35. The number of aromatic nitrogens is 1. The van der Waals surface area contributed by atoms with E-state index in [1.165, 1.54) is 0 Å². The van der Waals surface area contributed by atoms with Crippen LogP contribution in [0.4, 0.5) is 0 Å². The molecule has 4 nitrogen and oxygen atoms in total. The Bertz CT molecular complexity index is 531. The Labute approximate surface area is 100 Å². The molecule has 0 radical (unpaired) electrons. The van der Waals surface area contributed by atoms with Crippen LogP contribution in [0.5, 0.6) is 11.5 Å². The number of methoxy groups -OCH3 is 2. The smallest absolute Gasteiger partial charge is 0.192 e. The maximum absolute atomic E-state index is 5.58. The zero-order chi connectivity index (χ0) is 12.4. The molecule has 0 N–H and O–H groups in total. The van der Waals surface area contributed by atoms with E-state index in [4.69, 9.17) is 13.9 Å². The van der Waals surface area contributed by atoms with E-state index in [2.05, 4.69) is 4.98 Å². The lowest BCUT2D eigenvalue weighted by molar-refractivity contribution is 0.394. The highest BCUT2D eigenvalue weighted by atomic mass is 16.5. The van der Waals surface area contributed by atoms with Crippen molar-refractivity contribution in [1.29, 1.82) is 0 Å². The average molecular weight is 233 g/mol. The van der Waals surface area contributed by atoms with Gasteiger partial charge in [0.05, 0.1) is 25.5 Å². The fourth-order valence-corrected chi connectivity index (χ4v) is 1.77. The zero-order valence-corrected chi connectivity index (χ0v) is 10.4. The second-order valence-corrected chi connectivity index (χ2v) is 3.71. The molecule has 0 saturated carbocycles. The minimum atomic E-state index is 0.648. The van der Waals surface area contributed by atoms with Crippen molar-refractivity contribution in [3.8, 4) is 22.8 Å². The normalized spacial score (nSPS) is 10.4. The summed E-state index contributed by atoms with van der Waals surface area (Å²) in [7, 11) is 3.25. The number of oxazole rings is 1. The molecule has 4 heteroatoms. The second-order valence-electron chi connectivity index (χ2n) is 3.71. The fraction of sp³-hybridized carbons (Fsp3) is 0.308. The third-order valence-electron chi connectivity index (χ3n) is 2.56. The number of hydrogen-bond acceptors (Lipinski definition) is 4. The van der Waals surface area contributed by atoms with Crippen molar-refractivity contribution in [3.63, 3.8) is 0 Å². The lowest BCUT2D eigenvalue weighted by Gasteiger charge is -2.08. The molecule has 0 fully saturated rings. The summed E-state index contributed by atoms with van der Waals surface area (Å²) in [5.41, 5.74) is 1.73. The van der Waals surface area contributed by atoms with Gasteiger partial charge in [-0.2, -0.15) is 0 Å². The average Bonchev–Trinajstić information content (AvgIpc) is 2.67. The molecular formula is C13H15NO3. The van der Waals surface area contributed by atoms with Crippen molar-refractivity contribution < 1.29 is 13.9 Å². The molecule has 0 aliphatic rings. The van der Waals surface area contributed by atoms with Crippen molar-refractivity contribution in [2.45, 2.75) is 13.8 Å². The third kappa shape index (κ3) is 2.11. The highest BCUT2D eigenvalue weighted by molar-refractivity contribution is 5.68. The van der Waals surface area contributed by atoms with Gasteiger partial charge in [0.15, 0.2) is 11.7 Å². The van der Waals surface area contributed by atoms with E-state index >= 15 is 0 Å². The van der Waals surface area contributed by atoms with E-state index in [-0.39, 0.29) is 0 Å². The van der Waals surface area contributed by atoms with Crippen molar-refractivity contribution in [3.05, 3.63) is 29.8 Å². The van der Waals surface area contributed by atoms with Gasteiger partial charge in [0, 0.05) is 13.0 Å². The van der Waals surface area contributed by atoms with E-state index in [9.17, 15) is 0 Å². The summed E-state index contributed by atoms with van der Waals surface area (Å²) in [4.78, 5) is 4.25. The number of nitrogens with zero attached hydrogens (tertiary/aromatic N) is 1. The number of rotatable bonds is 3. The van der Waals surface area contributed by atoms with Gasteiger partial charge in [-0.1, -0.05) is 0 Å². The molecule has 2 aromatic rings. The topological polar surface area (TPSA) is 44.5 Å². The summed E-state index contributed by atoms with van der Waals surface area (Å²) in [6.45, 7) is 3.74. The maximum atomic E-state index is 5.58. The first-order chi connectivity index (χ1) is 8.15. The van der Waals surface area contributed by atoms with E-state index < -0.39 is 0 Å². The molecular weight excluding hydrogens is 218 g/mol. The monoisotopic (exact) mass is 233 g/mol. The van der Waals surface area contributed by atoms with Crippen LogP contribution in [0.25, 0.3) is 11.3 Å². The molecule has 0 saturated heterocycles. The van der Waals surface area contributed by atoms with Gasteiger partial charge in [-0.05, 0) is 19.1 Å². The van der Waals surface area contributed by atoms with Crippen LogP contribution in [0, 0.1) is 13.8 Å². The van der Waals surface area contributed by atoms with Crippen LogP contribution in [-0.4, -0.2) is 19.2 Å². The van der Waals surface area contributed by atoms with Crippen LogP contribution in [-0.2, 0) is 0 Å². The lowest BCUT2D eigenvalue weighted by atomic mass is 10.1. The molecule has 0 aliphatic heterocycles. The standard InChI is InChI=1S/C13H15NO3/c1-8-13(17-9(2)14-8)11-6-5-10(15-3)7-12(11)16-4/h5-7H,1-4H3. The van der Waals surface area contributed by atoms with E-state index in [0.717, 1.165) is 22.8 Å². The molecule has 0 amide bonds. The van der Waals surface area contributed by atoms with Gasteiger partial charge in [0.25, 0.3) is 0 Å².